The van der Waals surface area contributed by atoms with E-state index in [1.165, 1.54) is 11.0 Å². The number of hydrogen-bond acceptors (Lipinski definition) is 4. The average molecular weight is 390 g/mol. The molecule has 0 unspecified atom stereocenters. The first-order valence-electron chi connectivity index (χ1n) is 8.28. The number of carboxylic acid groups (broad SMARTS) is 1. The summed E-state index contributed by atoms with van der Waals surface area (Å²) >= 11 is 0. The van der Waals surface area contributed by atoms with E-state index in [0.717, 1.165) is 5.56 Å². The molecule has 0 heterocycles. The molecule has 144 valence electrons. The zero-order valence-electron chi connectivity index (χ0n) is 15.2. The van der Waals surface area contributed by atoms with Crippen LogP contribution in [0, 0.1) is 13.8 Å². The van der Waals surface area contributed by atoms with Crippen LogP contribution in [0.3, 0.4) is 0 Å². The van der Waals surface area contributed by atoms with Crippen molar-refractivity contribution in [1.29, 1.82) is 0 Å². The van der Waals surface area contributed by atoms with Crippen LogP contribution in [0.1, 0.15) is 27.0 Å². The van der Waals surface area contributed by atoms with E-state index in [4.69, 9.17) is 10.2 Å². The van der Waals surface area contributed by atoms with Gasteiger partial charge in [-0.05, 0) is 49.1 Å². The molecule has 0 aliphatic rings. The van der Waals surface area contributed by atoms with E-state index in [-0.39, 0.29) is 17.0 Å². The summed E-state index contributed by atoms with van der Waals surface area (Å²) in [6.45, 7) is 2.98. The van der Waals surface area contributed by atoms with Gasteiger partial charge in [0.15, 0.2) is 0 Å². The van der Waals surface area contributed by atoms with Crippen LogP contribution in [0.2, 0.25) is 0 Å². The van der Waals surface area contributed by atoms with Crippen LogP contribution < -0.4 is 5.14 Å². The van der Waals surface area contributed by atoms with E-state index in [1.54, 1.807) is 19.9 Å². The van der Waals surface area contributed by atoms with Gasteiger partial charge in [0.1, 0.15) is 6.54 Å². The largest absolute Gasteiger partial charge is 0.480 e. The number of carboxylic acids is 1. The lowest BCUT2D eigenvalue weighted by Gasteiger charge is -2.22. The van der Waals surface area contributed by atoms with Crippen molar-refractivity contribution in [3.8, 4) is 0 Å². The molecule has 0 saturated carbocycles. The van der Waals surface area contributed by atoms with E-state index >= 15 is 0 Å². The van der Waals surface area contributed by atoms with Gasteiger partial charge >= 0.3 is 5.97 Å². The van der Waals surface area contributed by atoms with Crippen molar-refractivity contribution < 1.29 is 23.1 Å². The summed E-state index contributed by atoms with van der Waals surface area (Å²) in [5.41, 5.74) is 2.11. The van der Waals surface area contributed by atoms with Crippen molar-refractivity contribution in [2.24, 2.45) is 5.14 Å². The first-order chi connectivity index (χ1) is 12.6. The average Bonchev–Trinajstić information content (AvgIpc) is 2.59. The zero-order valence-corrected chi connectivity index (χ0v) is 16.0. The fourth-order valence-electron chi connectivity index (χ4n) is 2.75. The fourth-order valence-corrected chi connectivity index (χ4v) is 3.63. The van der Waals surface area contributed by atoms with Gasteiger partial charge in [-0.25, -0.2) is 13.6 Å². The first kappa shape index (κ1) is 20.6. The number of nitrogens with zero attached hydrogens (tertiary/aromatic N) is 1. The van der Waals surface area contributed by atoms with Crippen LogP contribution in [-0.2, 0) is 21.2 Å². The molecule has 8 heteroatoms. The highest BCUT2D eigenvalue weighted by atomic mass is 32.2. The van der Waals surface area contributed by atoms with Gasteiger partial charge in [0.25, 0.3) is 5.91 Å². The van der Waals surface area contributed by atoms with E-state index in [1.807, 2.05) is 30.3 Å². The second kappa shape index (κ2) is 8.32. The second-order valence-electron chi connectivity index (χ2n) is 6.32. The Labute approximate surface area is 158 Å². The monoisotopic (exact) mass is 390 g/mol. The van der Waals surface area contributed by atoms with Crippen LogP contribution in [-0.4, -0.2) is 43.4 Å². The summed E-state index contributed by atoms with van der Waals surface area (Å²) in [6.07, 6.45) is 0.479. The van der Waals surface area contributed by atoms with E-state index in [9.17, 15) is 18.0 Å². The van der Waals surface area contributed by atoms with Crippen molar-refractivity contribution >= 4 is 21.9 Å². The van der Waals surface area contributed by atoms with Crippen LogP contribution in [0.15, 0.2) is 47.4 Å². The maximum Gasteiger partial charge on any atom is 0.323 e. The minimum atomic E-state index is -4.00. The Morgan fingerprint density at radius 3 is 2.30 bits per heavy atom. The van der Waals surface area contributed by atoms with Gasteiger partial charge in [0.2, 0.25) is 10.0 Å². The van der Waals surface area contributed by atoms with Gasteiger partial charge in [0.05, 0.1) is 4.90 Å². The number of sulfonamides is 1. The molecule has 3 N–H and O–H groups in total. The molecular weight excluding hydrogens is 368 g/mol. The number of nitrogens with two attached hydrogens (primary N) is 1. The number of amides is 1. The molecule has 0 saturated heterocycles. The smallest absolute Gasteiger partial charge is 0.323 e. The molecule has 2 rings (SSSR count). The highest BCUT2D eigenvalue weighted by Gasteiger charge is 2.22. The van der Waals surface area contributed by atoms with Crippen LogP contribution in [0.25, 0.3) is 0 Å². The quantitative estimate of drug-likeness (QED) is 0.746. The highest BCUT2D eigenvalue weighted by molar-refractivity contribution is 7.89. The molecule has 0 spiro atoms. The lowest BCUT2D eigenvalue weighted by atomic mass is 10.0. The molecule has 0 radical (unpaired) electrons. The van der Waals surface area contributed by atoms with Gasteiger partial charge in [-0.15, -0.1) is 0 Å². The Morgan fingerprint density at radius 2 is 1.74 bits per heavy atom. The number of benzene rings is 2. The molecule has 0 aliphatic heterocycles. The predicted octanol–water partition coefficient (Wildman–Crippen LogP) is 1.72. The Bertz CT molecular complexity index is 956. The third-order valence-corrected chi connectivity index (χ3v) is 5.34. The number of carbonyl (C=O) groups excluding carboxylic acids is 1. The summed E-state index contributed by atoms with van der Waals surface area (Å²) in [5.74, 6) is -1.70. The SMILES string of the molecule is Cc1cc(C(=O)N(CCc2ccccc2)CC(=O)O)cc(S(N)(=O)=O)c1C. The molecule has 2 aromatic rings. The third kappa shape index (κ3) is 5.38. The van der Waals surface area contributed by atoms with E-state index < -0.39 is 28.4 Å². The Balaban J connectivity index is 2.34. The standard InChI is InChI=1S/C19H22N2O5S/c1-13-10-16(11-17(14(13)2)27(20,25)26)19(24)21(12-18(22)23)9-8-15-6-4-3-5-7-15/h3-7,10-11H,8-9,12H2,1-2H3,(H,22,23)(H2,20,25,26). The van der Waals surface area contributed by atoms with Gasteiger partial charge in [0, 0.05) is 12.1 Å². The number of rotatable bonds is 7. The van der Waals surface area contributed by atoms with Crippen LogP contribution >= 0.6 is 0 Å². The molecular formula is C19H22N2O5S. The van der Waals surface area contributed by atoms with E-state index in [2.05, 4.69) is 0 Å². The third-order valence-electron chi connectivity index (χ3n) is 4.30. The number of carbonyl (C=O) groups is 2. The lowest BCUT2D eigenvalue weighted by molar-refractivity contribution is -0.137. The second-order valence-corrected chi connectivity index (χ2v) is 7.85. The highest BCUT2D eigenvalue weighted by Crippen LogP contribution is 2.21. The Kier molecular flexibility index (Phi) is 6.35. The van der Waals surface area contributed by atoms with E-state index in [0.29, 0.717) is 17.5 Å². The summed E-state index contributed by atoms with van der Waals surface area (Å²) in [4.78, 5) is 25.1. The van der Waals surface area contributed by atoms with Crippen molar-refractivity contribution in [3.63, 3.8) is 0 Å². The Morgan fingerprint density at radius 1 is 1.11 bits per heavy atom. The van der Waals surface area contributed by atoms with Crippen LogP contribution in [0.5, 0.6) is 0 Å². The van der Waals surface area contributed by atoms with Gasteiger partial charge in [-0.3, -0.25) is 9.59 Å². The minimum absolute atomic E-state index is 0.0939. The van der Waals surface area contributed by atoms with Crippen molar-refractivity contribution in [2.75, 3.05) is 13.1 Å². The summed E-state index contributed by atoms with van der Waals surface area (Å²) in [7, 11) is -4.00. The fraction of sp³-hybridized carbons (Fsp3) is 0.263. The molecule has 7 nitrogen and oxygen atoms in total. The number of hydrogen-bond donors (Lipinski definition) is 2. The molecule has 1 amide bonds. The molecule has 0 atom stereocenters. The maximum atomic E-state index is 12.9. The zero-order chi connectivity index (χ0) is 20.2. The number of primary sulfonamides is 1. The Hall–Kier alpha value is -2.71. The number of aryl methyl sites for hydroxylation is 1. The minimum Gasteiger partial charge on any atom is -0.480 e. The first-order valence-corrected chi connectivity index (χ1v) is 9.83. The topological polar surface area (TPSA) is 118 Å². The predicted molar refractivity (Wildman–Crippen MR) is 101 cm³/mol. The molecule has 0 bridgehead atoms. The van der Waals surface area contributed by atoms with Crippen molar-refractivity contribution in [3.05, 3.63) is 64.7 Å². The van der Waals surface area contributed by atoms with Gasteiger partial charge < -0.3 is 10.0 Å². The van der Waals surface area contributed by atoms with Crippen molar-refractivity contribution in [1.82, 2.24) is 4.90 Å². The molecule has 0 aliphatic carbocycles. The van der Waals surface area contributed by atoms with Gasteiger partial charge in [-0.1, -0.05) is 30.3 Å². The van der Waals surface area contributed by atoms with Gasteiger partial charge in [-0.2, -0.15) is 0 Å². The molecule has 2 aromatic carbocycles. The summed E-state index contributed by atoms with van der Waals surface area (Å²) in [5, 5.41) is 14.4. The summed E-state index contributed by atoms with van der Waals surface area (Å²) < 4.78 is 23.6. The van der Waals surface area contributed by atoms with Crippen LogP contribution in [0.4, 0.5) is 0 Å². The van der Waals surface area contributed by atoms with Crippen molar-refractivity contribution in [2.45, 2.75) is 25.2 Å². The normalized spacial score (nSPS) is 11.2. The summed E-state index contributed by atoms with van der Waals surface area (Å²) in [6, 6.07) is 12.1. The molecule has 0 aromatic heterocycles. The maximum absolute atomic E-state index is 12.9. The lowest BCUT2D eigenvalue weighted by Crippen LogP contribution is -2.37. The number of aliphatic carboxylic acids is 1. The molecule has 27 heavy (non-hydrogen) atoms. The molecule has 0 fully saturated rings.